The molecule has 234 valence electrons. The molecule has 8 rings (SSSR count). The highest BCUT2D eigenvalue weighted by Gasteiger charge is 2.43. The van der Waals surface area contributed by atoms with Crippen LogP contribution in [0.3, 0.4) is 0 Å². The van der Waals surface area contributed by atoms with Crippen LogP contribution in [0.25, 0.3) is 22.4 Å². The van der Waals surface area contributed by atoms with Gasteiger partial charge in [-0.05, 0) is 87.7 Å². The number of benzene rings is 3. The molecule has 46 heavy (non-hydrogen) atoms. The number of hydrogen-bond donors (Lipinski definition) is 1. The second kappa shape index (κ2) is 11.2. The van der Waals surface area contributed by atoms with E-state index in [0.717, 1.165) is 91.7 Å². The maximum atomic E-state index is 15.0. The Morgan fingerprint density at radius 1 is 1.07 bits per heavy atom. The molecule has 0 radical (unpaired) electrons. The van der Waals surface area contributed by atoms with Gasteiger partial charge in [0.1, 0.15) is 17.5 Å². The zero-order valence-corrected chi connectivity index (χ0v) is 25.8. The number of imidazole rings is 1. The molecule has 2 fully saturated rings. The number of nitrogens with zero attached hydrogens (tertiary/aromatic N) is 6. The number of halogens is 1. The summed E-state index contributed by atoms with van der Waals surface area (Å²) < 4.78 is 35.7. The Morgan fingerprint density at radius 2 is 1.91 bits per heavy atom. The summed E-state index contributed by atoms with van der Waals surface area (Å²) >= 11 is 0. The van der Waals surface area contributed by atoms with Crippen LogP contribution in [-0.4, -0.2) is 55.4 Å². The minimum Gasteiger partial charge on any atom is -0.444 e. The SMILES string of the molecule is Cc1nnc(-c2ccc3c(c2)nc(CN2CCC(c4cccc5c4OC(C)(c4ccc(C#N)cc4F)O5)CC2)n3C[C@@H]2CCO2)[nH]1. The zero-order valence-electron chi connectivity index (χ0n) is 25.8. The summed E-state index contributed by atoms with van der Waals surface area (Å²) in [5.74, 6) is 2.27. The second-order valence-electron chi connectivity index (χ2n) is 12.6. The van der Waals surface area contributed by atoms with E-state index in [0.29, 0.717) is 11.5 Å². The van der Waals surface area contributed by atoms with E-state index in [4.69, 9.17) is 24.5 Å². The standard InChI is InChI=1S/C35H34FN7O3/c1-21-38-34(41-40-21)24-7-9-30-29(17-24)39-32(43(30)19-25-12-15-44-25)20-42-13-10-23(11-14-42)26-4-3-5-31-33(26)46-35(2,45-31)27-8-6-22(18-37)16-28(27)36/h3-9,16-17,23,25H,10-15,19-20H2,1-2H3,(H,38,40,41)/t25-,35?/m0/s1. The maximum Gasteiger partial charge on any atom is 0.278 e. The summed E-state index contributed by atoms with van der Waals surface area (Å²) in [4.78, 5) is 10.8. The predicted octanol–water partition coefficient (Wildman–Crippen LogP) is 5.95. The molecule has 3 aromatic carbocycles. The Labute approximate surface area is 265 Å². The molecule has 0 amide bonds. The molecule has 2 atom stereocenters. The smallest absolute Gasteiger partial charge is 0.278 e. The zero-order chi connectivity index (χ0) is 31.4. The van der Waals surface area contributed by atoms with Gasteiger partial charge in [0.15, 0.2) is 17.3 Å². The van der Waals surface area contributed by atoms with Crippen LogP contribution in [0.15, 0.2) is 54.6 Å². The number of aromatic amines is 1. The van der Waals surface area contributed by atoms with E-state index in [1.54, 1.807) is 19.1 Å². The van der Waals surface area contributed by atoms with Crippen molar-refractivity contribution in [3.8, 4) is 29.0 Å². The van der Waals surface area contributed by atoms with Crippen molar-refractivity contribution in [3.63, 3.8) is 0 Å². The fraction of sp³-hybridized carbons (Fsp3) is 0.371. The summed E-state index contributed by atoms with van der Waals surface area (Å²) in [6, 6.07) is 18.6. The Morgan fingerprint density at radius 3 is 2.63 bits per heavy atom. The lowest BCUT2D eigenvalue weighted by Gasteiger charge is -2.33. The summed E-state index contributed by atoms with van der Waals surface area (Å²) in [7, 11) is 0. The fourth-order valence-corrected chi connectivity index (χ4v) is 6.89. The molecule has 0 saturated carbocycles. The van der Waals surface area contributed by atoms with Crippen molar-refractivity contribution >= 4 is 11.0 Å². The van der Waals surface area contributed by atoms with Gasteiger partial charge in [-0.2, -0.15) is 5.26 Å². The average molecular weight is 620 g/mol. The third kappa shape index (κ3) is 5.07. The molecule has 5 heterocycles. The molecule has 2 aromatic heterocycles. The van der Waals surface area contributed by atoms with Crippen LogP contribution in [0, 0.1) is 24.1 Å². The number of hydrogen-bond acceptors (Lipinski definition) is 8. The van der Waals surface area contributed by atoms with E-state index >= 15 is 0 Å². The van der Waals surface area contributed by atoms with E-state index in [1.807, 2.05) is 25.1 Å². The Kier molecular flexibility index (Phi) is 7.00. The van der Waals surface area contributed by atoms with Crippen LogP contribution in [0.1, 0.15) is 60.4 Å². The largest absolute Gasteiger partial charge is 0.444 e. The number of rotatable bonds is 7. The van der Waals surface area contributed by atoms with Crippen LogP contribution >= 0.6 is 0 Å². The van der Waals surface area contributed by atoms with Crippen molar-refractivity contribution < 1.29 is 18.6 Å². The highest BCUT2D eigenvalue weighted by molar-refractivity contribution is 5.81. The molecule has 11 heteroatoms. The minimum atomic E-state index is -1.31. The Hall–Kier alpha value is -4.79. The number of H-pyrrole nitrogens is 1. The molecule has 0 bridgehead atoms. The van der Waals surface area contributed by atoms with Gasteiger partial charge in [0, 0.05) is 24.7 Å². The van der Waals surface area contributed by atoms with Gasteiger partial charge in [-0.1, -0.05) is 12.1 Å². The molecule has 3 aliphatic rings. The van der Waals surface area contributed by atoms with Crippen LogP contribution in [0.5, 0.6) is 11.5 Å². The van der Waals surface area contributed by atoms with Crippen LogP contribution in [0.2, 0.25) is 0 Å². The van der Waals surface area contributed by atoms with E-state index in [2.05, 4.69) is 48.9 Å². The first-order chi connectivity index (χ1) is 22.4. The quantitative estimate of drug-likeness (QED) is 0.238. The van der Waals surface area contributed by atoms with Gasteiger partial charge in [0.25, 0.3) is 5.79 Å². The Balaban J connectivity index is 0.997. The van der Waals surface area contributed by atoms with Gasteiger partial charge >= 0.3 is 0 Å². The van der Waals surface area contributed by atoms with Crippen LogP contribution in [0.4, 0.5) is 4.39 Å². The Bertz CT molecular complexity index is 1990. The van der Waals surface area contributed by atoms with Gasteiger partial charge < -0.3 is 23.8 Å². The number of fused-ring (bicyclic) bond motifs is 2. The van der Waals surface area contributed by atoms with Crippen LogP contribution < -0.4 is 9.47 Å². The molecule has 0 spiro atoms. The fourth-order valence-electron chi connectivity index (χ4n) is 6.89. The van der Waals surface area contributed by atoms with E-state index in [9.17, 15) is 4.39 Å². The van der Waals surface area contributed by atoms with Gasteiger partial charge in [-0.25, -0.2) is 9.37 Å². The van der Waals surface area contributed by atoms with E-state index in [-0.39, 0.29) is 23.1 Å². The lowest BCUT2D eigenvalue weighted by atomic mass is 9.88. The molecule has 5 aromatic rings. The molecular formula is C35H34FN7O3. The van der Waals surface area contributed by atoms with Crippen molar-refractivity contribution in [1.82, 2.24) is 29.6 Å². The van der Waals surface area contributed by atoms with Crippen molar-refractivity contribution in [2.45, 2.75) is 64.0 Å². The molecule has 0 aliphatic carbocycles. The van der Waals surface area contributed by atoms with Crippen molar-refractivity contribution in [3.05, 3.63) is 88.8 Å². The first-order valence-electron chi connectivity index (χ1n) is 15.8. The lowest BCUT2D eigenvalue weighted by Crippen LogP contribution is -2.35. The summed E-state index contributed by atoms with van der Waals surface area (Å²) in [6.45, 7) is 7.77. The molecule has 2 saturated heterocycles. The van der Waals surface area contributed by atoms with Gasteiger partial charge in [-0.3, -0.25) is 4.90 Å². The number of para-hydroxylation sites is 1. The normalized spacial score (nSPS) is 21.4. The minimum absolute atomic E-state index is 0.212. The van der Waals surface area contributed by atoms with E-state index < -0.39 is 11.6 Å². The highest BCUT2D eigenvalue weighted by atomic mass is 19.1. The summed E-state index contributed by atoms with van der Waals surface area (Å²) in [5, 5.41) is 17.5. The van der Waals surface area contributed by atoms with Crippen molar-refractivity contribution in [2.75, 3.05) is 19.7 Å². The first-order valence-corrected chi connectivity index (χ1v) is 15.8. The number of nitriles is 1. The monoisotopic (exact) mass is 619 g/mol. The van der Waals surface area contributed by atoms with Gasteiger partial charge in [0.2, 0.25) is 0 Å². The average Bonchev–Trinajstić information content (AvgIpc) is 3.73. The molecule has 3 aliphatic heterocycles. The summed E-state index contributed by atoms with van der Waals surface area (Å²) in [5.41, 5.74) is 4.60. The van der Waals surface area contributed by atoms with Gasteiger partial charge in [0.05, 0.1) is 47.4 Å². The van der Waals surface area contributed by atoms with Crippen molar-refractivity contribution in [1.29, 1.82) is 5.26 Å². The third-order valence-corrected chi connectivity index (χ3v) is 9.47. The van der Waals surface area contributed by atoms with E-state index in [1.165, 1.54) is 6.07 Å². The number of nitrogens with one attached hydrogen (secondary N) is 1. The number of piperidine rings is 1. The van der Waals surface area contributed by atoms with Crippen LogP contribution in [-0.2, 0) is 23.6 Å². The topological polar surface area (TPSA) is 114 Å². The third-order valence-electron chi connectivity index (χ3n) is 9.47. The highest BCUT2D eigenvalue weighted by Crippen LogP contribution is 2.49. The second-order valence-corrected chi connectivity index (χ2v) is 12.6. The molecular weight excluding hydrogens is 585 g/mol. The molecule has 10 nitrogen and oxygen atoms in total. The number of aryl methyl sites for hydroxylation is 1. The van der Waals surface area contributed by atoms with Gasteiger partial charge in [-0.15, -0.1) is 10.2 Å². The predicted molar refractivity (Wildman–Crippen MR) is 168 cm³/mol. The lowest BCUT2D eigenvalue weighted by molar-refractivity contribution is -0.0712. The first kappa shape index (κ1) is 28.7. The number of aromatic nitrogens is 5. The molecule has 1 unspecified atom stereocenters. The maximum absolute atomic E-state index is 15.0. The molecule has 1 N–H and O–H groups in total. The number of ether oxygens (including phenoxy) is 3. The summed E-state index contributed by atoms with van der Waals surface area (Å²) in [6.07, 6.45) is 3.17. The number of likely N-dealkylation sites (tertiary alicyclic amines) is 1. The van der Waals surface area contributed by atoms with Crippen molar-refractivity contribution in [2.24, 2.45) is 0 Å².